The van der Waals surface area contributed by atoms with Crippen LogP contribution in [0.3, 0.4) is 0 Å². The van der Waals surface area contributed by atoms with E-state index in [9.17, 15) is 4.79 Å². The second kappa shape index (κ2) is 4.72. The highest BCUT2D eigenvalue weighted by molar-refractivity contribution is 5.83. The molecule has 1 atom stereocenters. The number of hydrogen-bond acceptors (Lipinski definition) is 3. The lowest BCUT2D eigenvalue weighted by Crippen LogP contribution is -2.34. The van der Waals surface area contributed by atoms with Crippen molar-refractivity contribution < 1.29 is 9.53 Å². The molecule has 0 aromatic carbocycles. The van der Waals surface area contributed by atoms with E-state index in [4.69, 9.17) is 4.74 Å². The molecule has 1 unspecified atom stereocenters. The lowest BCUT2D eigenvalue weighted by molar-refractivity contribution is -0.129. The minimum Gasteiger partial charge on any atom is -0.385 e. The zero-order valence-corrected chi connectivity index (χ0v) is 10.3. The summed E-state index contributed by atoms with van der Waals surface area (Å²) in [4.78, 5) is 13.9. The quantitative estimate of drug-likeness (QED) is 0.734. The SMILES string of the molecule is CCC1NCN(CC2(CCOC)CC2)C1=O. The molecule has 1 amide bonds. The maximum Gasteiger partial charge on any atom is 0.240 e. The molecule has 0 aromatic heterocycles. The van der Waals surface area contributed by atoms with Crippen molar-refractivity contribution in [1.82, 2.24) is 10.2 Å². The molecule has 4 nitrogen and oxygen atoms in total. The van der Waals surface area contributed by atoms with Crippen LogP contribution in [-0.4, -0.2) is 43.8 Å². The van der Waals surface area contributed by atoms with E-state index >= 15 is 0 Å². The minimum absolute atomic E-state index is 0.0539. The van der Waals surface area contributed by atoms with Gasteiger partial charge in [0, 0.05) is 20.3 Å². The summed E-state index contributed by atoms with van der Waals surface area (Å²) >= 11 is 0. The molecule has 0 spiro atoms. The molecule has 1 N–H and O–H groups in total. The molecular formula is C12H22N2O2. The highest BCUT2D eigenvalue weighted by atomic mass is 16.5. The van der Waals surface area contributed by atoms with Gasteiger partial charge in [0.2, 0.25) is 5.91 Å². The Balaban J connectivity index is 1.84. The average molecular weight is 226 g/mol. The highest BCUT2D eigenvalue weighted by Gasteiger charge is 2.45. The number of hydrogen-bond donors (Lipinski definition) is 1. The molecule has 1 aliphatic carbocycles. The number of carbonyl (C=O) groups is 1. The van der Waals surface area contributed by atoms with Crippen molar-refractivity contribution in [3.63, 3.8) is 0 Å². The molecule has 92 valence electrons. The summed E-state index contributed by atoms with van der Waals surface area (Å²) < 4.78 is 5.13. The molecule has 1 heterocycles. The predicted molar refractivity (Wildman–Crippen MR) is 62.0 cm³/mol. The molecule has 0 aromatic rings. The van der Waals surface area contributed by atoms with Gasteiger partial charge < -0.3 is 9.64 Å². The maximum atomic E-state index is 11.9. The molecule has 2 rings (SSSR count). The third-order valence-corrected chi connectivity index (χ3v) is 3.87. The molecule has 4 heteroatoms. The Kier molecular flexibility index (Phi) is 3.50. The van der Waals surface area contributed by atoms with Gasteiger partial charge in [-0.2, -0.15) is 0 Å². The number of nitrogens with zero attached hydrogens (tertiary/aromatic N) is 1. The predicted octanol–water partition coefficient (Wildman–Crippen LogP) is 0.971. The van der Waals surface area contributed by atoms with Crippen molar-refractivity contribution in [3.05, 3.63) is 0 Å². The number of carbonyl (C=O) groups excluding carboxylic acids is 1. The van der Waals surface area contributed by atoms with Crippen molar-refractivity contribution in [2.45, 2.75) is 38.6 Å². The van der Waals surface area contributed by atoms with Crippen LogP contribution in [0.5, 0.6) is 0 Å². The van der Waals surface area contributed by atoms with E-state index in [0.717, 1.165) is 32.7 Å². The van der Waals surface area contributed by atoms with Gasteiger partial charge in [0.1, 0.15) is 0 Å². The van der Waals surface area contributed by atoms with Gasteiger partial charge in [-0.25, -0.2) is 0 Å². The van der Waals surface area contributed by atoms with E-state index in [-0.39, 0.29) is 11.9 Å². The summed E-state index contributed by atoms with van der Waals surface area (Å²) in [6, 6.07) is 0.0539. The third kappa shape index (κ3) is 2.38. The van der Waals surface area contributed by atoms with Gasteiger partial charge in [-0.3, -0.25) is 10.1 Å². The Morgan fingerprint density at radius 2 is 2.31 bits per heavy atom. The Morgan fingerprint density at radius 3 is 2.81 bits per heavy atom. The zero-order valence-electron chi connectivity index (χ0n) is 10.3. The molecule has 1 saturated heterocycles. The molecule has 16 heavy (non-hydrogen) atoms. The van der Waals surface area contributed by atoms with Crippen molar-refractivity contribution >= 4 is 5.91 Å². The number of rotatable bonds is 6. The normalized spacial score (nSPS) is 27.5. The summed E-state index contributed by atoms with van der Waals surface area (Å²) in [5.74, 6) is 0.284. The van der Waals surface area contributed by atoms with Crippen molar-refractivity contribution in [3.8, 4) is 0 Å². The Morgan fingerprint density at radius 1 is 1.56 bits per heavy atom. The summed E-state index contributed by atoms with van der Waals surface area (Å²) in [6.45, 7) is 4.51. The summed E-state index contributed by atoms with van der Waals surface area (Å²) in [5.41, 5.74) is 0.371. The first-order valence-corrected chi connectivity index (χ1v) is 6.22. The molecule has 2 aliphatic rings. The fourth-order valence-corrected chi connectivity index (χ4v) is 2.45. The van der Waals surface area contributed by atoms with Crippen LogP contribution in [-0.2, 0) is 9.53 Å². The first-order valence-electron chi connectivity index (χ1n) is 6.22. The second-order valence-corrected chi connectivity index (χ2v) is 5.10. The van der Waals surface area contributed by atoms with Gasteiger partial charge in [0.05, 0.1) is 12.7 Å². The summed E-state index contributed by atoms with van der Waals surface area (Å²) in [6.07, 6.45) is 4.47. The Hall–Kier alpha value is -0.610. The van der Waals surface area contributed by atoms with Gasteiger partial charge >= 0.3 is 0 Å². The molecular weight excluding hydrogens is 204 g/mol. The smallest absolute Gasteiger partial charge is 0.240 e. The van der Waals surface area contributed by atoms with Crippen molar-refractivity contribution in [2.24, 2.45) is 5.41 Å². The third-order valence-electron chi connectivity index (χ3n) is 3.87. The lowest BCUT2D eigenvalue weighted by Gasteiger charge is -2.22. The molecule has 0 radical (unpaired) electrons. The standard InChI is InChI=1S/C12H22N2O2/c1-3-10-11(15)14(9-13-10)8-12(4-5-12)6-7-16-2/h10,13H,3-9H2,1-2H3. The van der Waals surface area contributed by atoms with E-state index in [1.54, 1.807) is 7.11 Å². The Labute approximate surface area is 97.3 Å². The largest absolute Gasteiger partial charge is 0.385 e. The number of amides is 1. The van der Waals surface area contributed by atoms with Crippen LogP contribution >= 0.6 is 0 Å². The van der Waals surface area contributed by atoms with Crippen LogP contribution in [0.4, 0.5) is 0 Å². The maximum absolute atomic E-state index is 11.9. The molecule has 0 bridgehead atoms. The van der Waals surface area contributed by atoms with Crippen LogP contribution in [0.1, 0.15) is 32.6 Å². The monoisotopic (exact) mass is 226 g/mol. The van der Waals surface area contributed by atoms with E-state index in [2.05, 4.69) is 12.2 Å². The highest BCUT2D eigenvalue weighted by Crippen LogP contribution is 2.49. The minimum atomic E-state index is 0.0539. The van der Waals surface area contributed by atoms with Gasteiger partial charge in [-0.15, -0.1) is 0 Å². The van der Waals surface area contributed by atoms with Crippen LogP contribution < -0.4 is 5.32 Å². The molecule has 2 fully saturated rings. The fourth-order valence-electron chi connectivity index (χ4n) is 2.45. The second-order valence-electron chi connectivity index (χ2n) is 5.10. The van der Waals surface area contributed by atoms with Crippen molar-refractivity contribution in [2.75, 3.05) is 26.9 Å². The lowest BCUT2D eigenvalue weighted by atomic mass is 10.0. The number of methoxy groups -OCH3 is 1. The van der Waals surface area contributed by atoms with E-state index in [1.165, 1.54) is 12.8 Å². The first kappa shape index (κ1) is 11.9. The number of nitrogens with one attached hydrogen (secondary N) is 1. The Bertz CT molecular complexity index is 264. The van der Waals surface area contributed by atoms with Crippen LogP contribution in [0.25, 0.3) is 0 Å². The van der Waals surface area contributed by atoms with Gasteiger partial charge in [0.15, 0.2) is 0 Å². The van der Waals surface area contributed by atoms with Crippen LogP contribution in [0.15, 0.2) is 0 Å². The van der Waals surface area contributed by atoms with Gasteiger partial charge in [-0.05, 0) is 31.1 Å². The van der Waals surface area contributed by atoms with Gasteiger partial charge in [0.25, 0.3) is 0 Å². The molecule has 1 aliphatic heterocycles. The van der Waals surface area contributed by atoms with Crippen LogP contribution in [0.2, 0.25) is 0 Å². The zero-order chi connectivity index (χ0) is 11.6. The van der Waals surface area contributed by atoms with Gasteiger partial charge in [-0.1, -0.05) is 6.92 Å². The first-order chi connectivity index (χ1) is 7.71. The summed E-state index contributed by atoms with van der Waals surface area (Å²) in [7, 11) is 1.74. The fraction of sp³-hybridized carbons (Fsp3) is 0.917. The number of ether oxygens (including phenoxy) is 1. The topological polar surface area (TPSA) is 41.6 Å². The van der Waals surface area contributed by atoms with E-state index < -0.39 is 0 Å². The average Bonchev–Trinajstić information content (AvgIpc) is 2.97. The van der Waals surface area contributed by atoms with E-state index in [1.807, 2.05) is 4.90 Å². The van der Waals surface area contributed by atoms with E-state index in [0.29, 0.717) is 5.41 Å². The van der Waals surface area contributed by atoms with Crippen molar-refractivity contribution in [1.29, 1.82) is 0 Å². The molecule has 1 saturated carbocycles. The summed E-state index contributed by atoms with van der Waals surface area (Å²) in [5, 5.41) is 3.26. The van der Waals surface area contributed by atoms with Crippen LogP contribution in [0, 0.1) is 5.41 Å².